The number of nitrogens with zero attached hydrogens (tertiary/aromatic N) is 1. The molecule has 0 spiro atoms. The number of hydrogen-bond donors (Lipinski definition) is 2. The highest BCUT2D eigenvalue weighted by Gasteiger charge is 2.21. The smallest absolute Gasteiger partial charge is 0.311 e. The van der Waals surface area contributed by atoms with Crippen molar-refractivity contribution in [3.63, 3.8) is 0 Å². The van der Waals surface area contributed by atoms with Gasteiger partial charge in [0.15, 0.2) is 11.9 Å². The molecule has 0 aliphatic carbocycles. The van der Waals surface area contributed by atoms with Crippen LogP contribution in [0.1, 0.15) is 25.8 Å². The molecule has 1 aromatic carbocycles. The van der Waals surface area contributed by atoms with Crippen molar-refractivity contribution < 1.29 is 14.5 Å². The minimum atomic E-state index is -0.802. The molecule has 7 heteroatoms. The van der Waals surface area contributed by atoms with Gasteiger partial charge in [0.25, 0.3) is 5.91 Å². The quantitative estimate of drug-likeness (QED) is 0.579. The molecule has 20 heavy (non-hydrogen) atoms. The Balaban J connectivity index is 2.86. The minimum absolute atomic E-state index is 0.0614. The van der Waals surface area contributed by atoms with E-state index in [0.29, 0.717) is 12.1 Å². The predicted octanol–water partition coefficient (Wildman–Crippen LogP) is 1.35. The monoisotopic (exact) mass is 281 g/mol. The van der Waals surface area contributed by atoms with Crippen molar-refractivity contribution in [1.29, 1.82) is 0 Å². The average molecular weight is 281 g/mol. The second-order valence-electron chi connectivity index (χ2n) is 4.31. The number of ether oxygens (including phenoxy) is 1. The van der Waals surface area contributed by atoms with Gasteiger partial charge in [-0.05, 0) is 25.0 Å². The summed E-state index contributed by atoms with van der Waals surface area (Å²) >= 11 is 0. The predicted molar refractivity (Wildman–Crippen MR) is 74.4 cm³/mol. The van der Waals surface area contributed by atoms with Gasteiger partial charge in [0.1, 0.15) is 0 Å². The Morgan fingerprint density at radius 2 is 2.25 bits per heavy atom. The van der Waals surface area contributed by atoms with E-state index in [9.17, 15) is 14.9 Å². The number of rotatable bonds is 7. The van der Waals surface area contributed by atoms with Gasteiger partial charge in [-0.25, -0.2) is 0 Å². The van der Waals surface area contributed by atoms with E-state index in [1.54, 1.807) is 13.0 Å². The average Bonchev–Trinajstić information content (AvgIpc) is 2.44. The van der Waals surface area contributed by atoms with Crippen LogP contribution in [0.25, 0.3) is 0 Å². The van der Waals surface area contributed by atoms with Gasteiger partial charge in [-0.1, -0.05) is 13.0 Å². The van der Waals surface area contributed by atoms with Crippen molar-refractivity contribution in [1.82, 2.24) is 5.32 Å². The topological polar surface area (TPSA) is 107 Å². The Labute approximate surface area is 117 Å². The molecule has 110 valence electrons. The Morgan fingerprint density at radius 3 is 2.80 bits per heavy atom. The van der Waals surface area contributed by atoms with E-state index in [4.69, 9.17) is 10.5 Å². The zero-order chi connectivity index (χ0) is 15.1. The van der Waals surface area contributed by atoms with E-state index in [-0.39, 0.29) is 23.9 Å². The maximum atomic E-state index is 11.7. The molecular weight excluding hydrogens is 262 g/mol. The molecule has 0 aliphatic rings. The lowest BCUT2D eigenvalue weighted by molar-refractivity contribution is -0.386. The molecule has 0 heterocycles. The summed E-state index contributed by atoms with van der Waals surface area (Å²) < 4.78 is 5.37. The van der Waals surface area contributed by atoms with Gasteiger partial charge in [0.05, 0.1) is 4.92 Å². The number of benzene rings is 1. The lowest BCUT2D eigenvalue weighted by atomic mass is 10.2. The number of nitrogens with one attached hydrogen (secondary N) is 1. The maximum Gasteiger partial charge on any atom is 0.311 e. The van der Waals surface area contributed by atoms with Crippen LogP contribution in [0.5, 0.6) is 5.75 Å². The Morgan fingerprint density at radius 1 is 1.55 bits per heavy atom. The molecule has 0 radical (unpaired) electrons. The highest BCUT2D eigenvalue weighted by Crippen LogP contribution is 2.28. The summed E-state index contributed by atoms with van der Waals surface area (Å²) in [5.41, 5.74) is 5.89. The van der Waals surface area contributed by atoms with Gasteiger partial charge >= 0.3 is 5.69 Å². The third kappa shape index (κ3) is 4.20. The van der Waals surface area contributed by atoms with Crippen molar-refractivity contribution in [3.05, 3.63) is 33.9 Å². The molecule has 0 saturated heterocycles. The first-order valence-electron chi connectivity index (χ1n) is 6.41. The molecule has 7 nitrogen and oxygen atoms in total. The van der Waals surface area contributed by atoms with Crippen molar-refractivity contribution >= 4 is 11.6 Å². The van der Waals surface area contributed by atoms with Gasteiger partial charge < -0.3 is 15.8 Å². The highest BCUT2D eigenvalue weighted by molar-refractivity contribution is 5.80. The molecule has 1 aromatic rings. The normalized spacial score (nSPS) is 11.8. The number of carbonyl (C=O) groups is 1. The number of hydrogen-bond acceptors (Lipinski definition) is 5. The van der Waals surface area contributed by atoms with E-state index in [2.05, 4.69) is 5.32 Å². The molecule has 0 saturated carbocycles. The second-order valence-corrected chi connectivity index (χ2v) is 4.31. The van der Waals surface area contributed by atoms with Gasteiger partial charge in [0.2, 0.25) is 0 Å². The lowest BCUT2D eigenvalue weighted by Gasteiger charge is -2.14. The third-order valence-corrected chi connectivity index (χ3v) is 2.68. The van der Waals surface area contributed by atoms with Crippen LogP contribution in [-0.4, -0.2) is 23.5 Å². The van der Waals surface area contributed by atoms with E-state index in [1.165, 1.54) is 12.1 Å². The number of amides is 1. The maximum absolute atomic E-state index is 11.7. The molecule has 0 aliphatic heterocycles. The molecular formula is C13H19N3O4. The summed E-state index contributed by atoms with van der Waals surface area (Å²) in [6.07, 6.45) is 0.00746. The zero-order valence-corrected chi connectivity index (χ0v) is 11.6. The fourth-order valence-electron chi connectivity index (χ4n) is 1.57. The molecule has 1 unspecified atom stereocenters. The summed E-state index contributed by atoms with van der Waals surface area (Å²) in [5, 5.41) is 13.7. The first kappa shape index (κ1) is 15.9. The summed E-state index contributed by atoms with van der Waals surface area (Å²) in [7, 11) is 0. The van der Waals surface area contributed by atoms with Crippen LogP contribution in [-0.2, 0) is 11.3 Å². The van der Waals surface area contributed by atoms with Crippen molar-refractivity contribution in [3.8, 4) is 5.75 Å². The zero-order valence-electron chi connectivity index (χ0n) is 11.6. The first-order chi connectivity index (χ1) is 9.49. The van der Waals surface area contributed by atoms with Crippen LogP contribution >= 0.6 is 0 Å². The molecule has 1 atom stereocenters. The van der Waals surface area contributed by atoms with E-state index in [0.717, 1.165) is 6.42 Å². The molecule has 0 fully saturated rings. The summed E-state index contributed by atoms with van der Waals surface area (Å²) in [4.78, 5) is 22.1. The Kier molecular flexibility index (Phi) is 5.92. The van der Waals surface area contributed by atoms with Gasteiger partial charge in [-0.15, -0.1) is 0 Å². The fraction of sp³-hybridized carbons (Fsp3) is 0.462. The Bertz CT molecular complexity index is 491. The van der Waals surface area contributed by atoms with Crippen LogP contribution in [0.2, 0.25) is 0 Å². The van der Waals surface area contributed by atoms with Crippen molar-refractivity contribution in [2.75, 3.05) is 6.54 Å². The summed E-state index contributed by atoms with van der Waals surface area (Å²) in [6, 6.07) is 4.45. The molecule has 1 rings (SSSR count). The lowest BCUT2D eigenvalue weighted by Crippen LogP contribution is -2.36. The van der Waals surface area contributed by atoms with Gasteiger partial charge in [-0.3, -0.25) is 14.9 Å². The number of nitrogens with two attached hydrogens (primary N) is 1. The number of nitro groups is 1. The molecule has 0 bridgehead atoms. The fourth-order valence-corrected chi connectivity index (χ4v) is 1.57. The Hall–Kier alpha value is -2.15. The summed E-state index contributed by atoms with van der Waals surface area (Å²) in [5.74, 6) is -0.240. The van der Waals surface area contributed by atoms with Crippen LogP contribution in [0.15, 0.2) is 18.2 Å². The van der Waals surface area contributed by atoms with E-state index < -0.39 is 11.0 Å². The SMILES string of the molecule is CCCNC(=O)C(C)Oc1ccc(CN)cc1[N+](=O)[O-]. The van der Waals surface area contributed by atoms with Gasteiger partial charge in [0, 0.05) is 19.2 Å². The minimum Gasteiger partial charge on any atom is -0.474 e. The van der Waals surface area contributed by atoms with Crippen LogP contribution < -0.4 is 15.8 Å². The highest BCUT2D eigenvalue weighted by atomic mass is 16.6. The molecule has 1 amide bonds. The molecule has 0 aromatic heterocycles. The first-order valence-corrected chi connectivity index (χ1v) is 6.41. The third-order valence-electron chi connectivity index (χ3n) is 2.68. The standard InChI is InChI=1S/C13H19N3O4/c1-3-6-15-13(17)9(2)20-12-5-4-10(8-14)7-11(12)16(18)19/h4-5,7,9H,3,6,8,14H2,1-2H3,(H,15,17). The van der Waals surface area contributed by atoms with E-state index >= 15 is 0 Å². The van der Waals surface area contributed by atoms with Crippen LogP contribution in [0.4, 0.5) is 5.69 Å². The van der Waals surface area contributed by atoms with Crippen molar-refractivity contribution in [2.24, 2.45) is 5.73 Å². The second kappa shape index (κ2) is 7.44. The molecule has 3 N–H and O–H groups in total. The number of carbonyl (C=O) groups excluding carboxylic acids is 1. The van der Waals surface area contributed by atoms with Crippen LogP contribution in [0, 0.1) is 10.1 Å². The van der Waals surface area contributed by atoms with Crippen molar-refractivity contribution in [2.45, 2.75) is 32.9 Å². The van der Waals surface area contributed by atoms with Gasteiger partial charge in [-0.2, -0.15) is 0 Å². The van der Waals surface area contributed by atoms with E-state index in [1.807, 2.05) is 6.92 Å². The summed E-state index contributed by atoms with van der Waals surface area (Å²) in [6.45, 7) is 4.22. The largest absolute Gasteiger partial charge is 0.474 e. The number of nitro benzene ring substituents is 1. The van der Waals surface area contributed by atoms with Crippen LogP contribution in [0.3, 0.4) is 0 Å².